The average Bonchev–Trinajstić information content (AvgIpc) is 2.68. The molecule has 0 aromatic carbocycles. The van der Waals surface area contributed by atoms with Gasteiger partial charge in [0.25, 0.3) is 0 Å². The Morgan fingerprint density at radius 1 is 0.533 bits per heavy atom. The van der Waals surface area contributed by atoms with E-state index in [2.05, 4.69) is 94.6 Å². The zero-order valence-electron chi connectivity index (χ0n) is 20.3. The minimum atomic E-state index is 0.375. The Labute approximate surface area is 181 Å². The van der Waals surface area contributed by atoms with Crippen molar-refractivity contribution in [1.82, 2.24) is 25.4 Å². The third-order valence-electron chi connectivity index (χ3n) is 5.42. The number of pyridine rings is 1. The third-order valence-corrected chi connectivity index (χ3v) is 5.42. The minimum absolute atomic E-state index is 0.375. The van der Waals surface area contributed by atoms with E-state index in [9.17, 15) is 0 Å². The molecule has 0 aliphatic rings. The number of hydrogen-bond donors (Lipinski definition) is 0. The number of hydrogen-bond acceptors (Lipinski definition) is 5. The molecule has 0 amide bonds. The van der Waals surface area contributed by atoms with Gasteiger partial charge in [-0.15, -0.1) is 0 Å². The monoisotopic (exact) mass is 407 g/mol. The summed E-state index contributed by atoms with van der Waals surface area (Å²) < 4.78 is 0. The van der Waals surface area contributed by atoms with Crippen LogP contribution in [-0.4, -0.2) is 25.4 Å². The molecule has 0 radical (unpaired) electrons. The molecule has 3 aromatic heterocycles. The topological polar surface area (TPSA) is 64.5 Å². The van der Waals surface area contributed by atoms with Crippen LogP contribution in [0.15, 0.2) is 18.5 Å². The van der Waals surface area contributed by atoms with Gasteiger partial charge in [0, 0.05) is 23.2 Å². The van der Waals surface area contributed by atoms with E-state index in [-0.39, 0.29) is 0 Å². The molecule has 0 N–H and O–H groups in total. The maximum Gasteiger partial charge on any atom is 0.0750 e. The highest BCUT2D eigenvalue weighted by molar-refractivity contribution is 5.86. The lowest BCUT2D eigenvalue weighted by molar-refractivity contribution is 0.714. The Hall–Kier alpha value is -2.43. The van der Waals surface area contributed by atoms with Gasteiger partial charge < -0.3 is 0 Å². The van der Waals surface area contributed by atoms with Crippen molar-refractivity contribution in [2.24, 2.45) is 0 Å². The molecule has 0 spiro atoms. The van der Waals surface area contributed by atoms with Crippen molar-refractivity contribution < 1.29 is 0 Å². The number of fused-ring (bicyclic) bond motifs is 1. The molecule has 30 heavy (non-hydrogen) atoms. The van der Waals surface area contributed by atoms with Gasteiger partial charge in [-0.05, 0) is 54.7 Å². The zero-order valence-corrected chi connectivity index (χ0v) is 20.3. The molecular formula is C25H37N5. The van der Waals surface area contributed by atoms with Crippen molar-refractivity contribution in [3.05, 3.63) is 52.4 Å². The SMILES string of the molecule is CC(C)c1nnc(C(C)C)c2cnccc12.Cc1c(C(C)C)nnc(C(C)C)c1C. The Balaban J connectivity index is 0.000000216. The van der Waals surface area contributed by atoms with E-state index < -0.39 is 0 Å². The van der Waals surface area contributed by atoms with Gasteiger partial charge in [0.15, 0.2) is 0 Å². The summed E-state index contributed by atoms with van der Waals surface area (Å²) in [5, 5.41) is 19.6. The highest BCUT2D eigenvalue weighted by Gasteiger charge is 2.14. The van der Waals surface area contributed by atoms with Crippen LogP contribution >= 0.6 is 0 Å². The molecule has 5 nitrogen and oxygen atoms in total. The van der Waals surface area contributed by atoms with Gasteiger partial charge in [0.2, 0.25) is 0 Å². The summed E-state index contributed by atoms with van der Waals surface area (Å²) in [7, 11) is 0. The van der Waals surface area contributed by atoms with Crippen LogP contribution in [0.5, 0.6) is 0 Å². The van der Waals surface area contributed by atoms with Crippen LogP contribution in [-0.2, 0) is 0 Å². The Morgan fingerprint density at radius 3 is 1.30 bits per heavy atom. The second-order valence-corrected chi connectivity index (χ2v) is 9.23. The van der Waals surface area contributed by atoms with Crippen molar-refractivity contribution in [2.75, 3.05) is 0 Å². The summed E-state index contributed by atoms with van der Waals surface area (Å²) >= 11 is 0. The van der Waals surface area contributed by atoms with Crippen LogP contribution in [0.3, 0.4) is 0 Å². The maximum atomic E-state index is 4.35. The molecule has 3 rings (SSSR count). The summed E-state index contributed by atoms with van der Waals surface area (Å²) in [4.78, 5) is 4.19. The lowest BCUT2D eigenvalue weighted by Gasteiger charge is -2.14. The number of rotatable bonds is 4. The van der Waals surface area contributed by atoms with Crippen LogP contribution in [0.2, 0.25) is 0 Å². The van der Waals surface area contributed by atoms with E-state index in [1.165, 1.54) is 16.5 Å². The molecule has 0 saturated carbocycles. The normalized spacial score (nSPS) is 11.5. The largest absolute Gasteiger partial charge is 0.264 e. The first-order valence-electron chi connectivity index (χ1n) is 11.0. The van der Waals surface area contributed by atoms with Crippen LogP contribution in [0.25, 0.3) is 10.8 Å². The molecule has 3 aromatic rings. The highest BCUT2D eigenvalue weighted by atomic mass is 15.1. The van der Waals surface area contributed by atoms with Gasteiger partial charge in [-0.3, -0.25) is 4.98 Å². The lowest BCUT2D eigenvalue weighted by Crippen LogP contribution is -2.07. The summed E-state index contributed by atoms with van der Waals surface area (Å²) in [6.45, 7) is 21.5. The Bertz CT molecular complexity index is 911. The van der Waals surface area contributed by atoms with Gasteiger partial charge >= 0.3 is 0 Å². The summed E-state index contributed by atoms with van der Waals surface area (Å²) in [5.74, 6) is 1.68. The molecule has 0 bridgehead atoms. The molecule has 3 heterocycles. The van der Waals surface area contributed by atoms with Gasteiger partial charge in [-0.1, -0.05) is 55.4 Å². The van der Waals surface area contributed by atoms with Crippen molar-refractivity contribution in [3.8, 4) is 0 Å². The molecule has 0 saturated heterocycles. The Morgan fingerprint density at radius 2 is 0.900 bits per heavy atom. The van der Waals surface area contributed by atoms with E-state index in [1.807, 2.05) is 18.5 Å². The predicted molar refractivity (Wildman–Crippen MR) is 125 cm³/mol. The fourth-order valence-corrected chi connectivity index (χ4v) is 3.63. The van der Waals surface area contributed by atoms with Crippen LogP contribution in [0, 0.1) is 13.8 Å². The molecule has 5 heteroatoms. The van der Waals surface area contributed by atoms with Gasteiger partial charge in [0.05, 0.1) is 22.8 Å². The lowest BCUT2D eigenvalue weighted by atomic mass is 9.97. The van der Waals surface area contributed by atoms with Gasteiger partial charge in [0.1, 0.15) is 0 Å². The van der Waals surface area contributed by atoms with E-state index in [1.54, 1.807) is 0 Å². The number of aromatic nitrogens is 5. The van der Waals surface area contributed by atoms with E-state index >= 15 is 0 Å². The third kappa shape index (κ3) is 5.18. The standard InChI is InChI=1S/C13H17N3.C12H20N2/c1-8(2)12-10-5-6-14-7-11(10)13(9(3)4)16-15-12;1-7(2)11-9(5)10(6)12(8(3)4)14-13-11/h5-9H,1-4H3;7-8H,1-6H3. The fraction of sp³-hybridized carbons (Fsp3) is 0.560. The maximum absolute atomic E-state index is 4.35. The summed E-state index contributed by atoms with van der Waals surface area (Å²) in [5.41, 5.74) is 6.96. The fourth-order valence-electron chi connectivity index (χ4n) is 3.63. The van der Waals surface area contributed by atoms with Gasteiger partial charge in [-0.2, -0.15) is 20.4 Å². The summed E-state index contributed by atoms with van der Waals surface area (Å²) in [6, 6.07) is 2.03. The van der Waals surface area contributed by atoms with E-state index in [0.29, 0.717) is 23.7 Å². The number of nitrogens with zero attached hydrogens (tertiary/aromatic N) is 5. The minimum Gasteiger partial charge on any atom is -0.264 e. The second kappa shape index (κ2) is 10.1. The predicted octanol–water partition coefficient (Wildman–Crippen LogP) is 6.61. The molecule has 0 fully saturated rings. The first kappa shape index (κ1) is 23.8. The van der Waals surface area contributed by atoms with Crippen molar-refractivity contribution >= 4 is 10.8 Å². The van der Waals surface area contributed by atoms with Crippen LogP contribution in [0.1, 0.15) is 113 Å². The highest BCUT2D eigenvalue weighted by Crippen LogP contribution is 2.27. The molecule has 0 aliphatic heterocycles. The molecule has 0 aliphatic carbocycles. The van der Waals surface area contributed by atoms with Crippen molar-refractivity contribution in [3.63, 3.8) is 0 Å². The van der Waals surface area contributed by atoms with Crippen molar-refractivity contribution in [1.29, 1.82) is 0 Å². The zero-order chi connectivity index (χ0) is 22.6. The Kier molecular flexibility index (Phi) is 7.99. The first-order valence-corrected chi connectivity index (χ1v) is 11.0. The van der Waals surface area contributed by atoms with Crippen molar-refractivity contribution in [2.45, 2.75) is 92.9 Å². The second-order valence-electron chi connectivity index (χ2n) is 9.23. The molecular weight excluding hydrogens is 370 g/mol. The van der Waals surface area contributed by atoms with E-state index in [4.69, 9.17) is 0 Å². The smallest absolute Gasteiger partial charge is 0.0750 e. The van der Waals surface area contributed by atoms with Gasteiger partial charge in [-0.25, -0.2) is 0 Å². The summed E-state index contributed by atoms with van der Waals surface area (Å²) in [6.07, 6.45) is 3.71. The first-order chi connectivity index (χ1) is 14.1. The van der Waals surface area contributed by atoms with E-state index in [0.717, 1.165) is 28.2 Å². The molecule has 0 unspecified atom stereocenters. The van der Waals surface area contributed by atoms with Crippen LogP contribution in [0.4, 0.5) is 0 Å². The average molecular weight is 408 g/mol. The molecule has 162 valence electrons. The quantitative estimate of drug-likeness (QED) is 0.487. The molecule has 0 atom stereocenters. The van der Waals surface area contributed by atoms with Crippen LogP contribution < -0.4 is 0 Å².